The summed E-state index contributed by atoms with van der Waals surface area (Å²) in [5.41, 5.74) is -0.132. The fraction of sp³-hybridized carbons (Fsp3) is 0.700. The van der Waals surface area contributed by atoms with E-state index < -0.39 is 20.9 Å². The molecule has 10 heteroatoms. The zero-order valence-corrected chi connectivity index (χ0v) is 11.5. The Kier molecular flexibility index (Phi) is 4.35. The molecule has 0 aliphatic carbocycles. The first-order valence-corrected chi connectivity index (χ1v) is 7.96. The highest BCUT2D eigenvalue weighted by atomic mass is 32.2. The molecule has 0 bridgehead atoms. The van der Waals surface area contributed by atoms with Crippen molar-refractivity contribution in [2.75, 3.05) is 18.1 Å². The third-order valence-corrected chi connectivity index (χ3v) is 4.87. The van der Waals surface area contributed by atoms with Crippen LogP contribution in [0.2, 0.25) is 0 Å². The van der Waals surface area contributed by atoms with Crippen LogP contribution in [0.4, 0.5) is 5.69 Å². The highest BCUT2D eigenvalue weighted by Crippen LogP contribution is 2.11. The summed E-state index contributed by atoms with van der Waals surface area (Å²) in [4.78, 5) is 9.92. The summed E-state index contributed by atoms with van der Waals surface area (Å²) in [7, 11) is -2.95. The highest BCUT2D eigenvalue weighted by molar-refractivity contribution is 7.91. The van der Waals surface area contributed by atoms with Gasteiger partial charge in [0.1, 0.15) is 12.4 Å². The van der Waals surface area contributed by atoms with Crippen LogP contribution in [0.25, 0.3) is 0 Å². The summed E-state index contributed by atoms with van der Waals surface area (Å²) in [6.45, 7) is 0.328. The van der Waals surface area contributed by atoms with Gasteiger partial charge in [-0.3, -0.25) is 14.8 Å². The van der Waals surface area contributed by atoms with Gasteiger partial charge in [0.05, 0.1) is 29.1 Å². The van der Waals surface area contributed by atoms with E-state index in [9.17, 15) is 23.6 Å². The molecule has 0 amide bonds. The Labute approximate surface area is 115 Å². The number of aliphatic hydroxyl groups is 1. The fourth-order valence-electron chi connectivity index (χ4n) is 2.09. The maximum Gasteiger partial charge on any atom is 0.306 e. The van der Waals surface area contributed by atoms with E-state index in [1.807, 2.05) is 0 Å². The molecule has 1 aromatic heterocycles. The predicted octanol–water partition coefficient (Wildman–Crippen LogP) is -1.07. The molecule has 20 heavy (non-hydrogen) atoms. The minimum atomic E-state index is -2.95. The van der Waals surface area contributed by atoms with Gasteiger partial charge < -0.3 is 10.4 Å². The number of sulfone groups is 1. The number of aliphatic hydroxyl groups excluding tert-OH is 1. The number of nitrogens with zero attached hydrogens (tertiary/aromatic N) is 3. The molecule has 112 valence electrons. The molecule has 0 saturated carbocycles. The standard InChI is InChI=1S/C10H16N4O5S/c15-10(4-11-8-1-2-20(18,19)7-8)6-13-5-9(3-12-13)14(16)17/h3,5,8,10-11,15H,1-2,4,6-7H2. The number of hydrogen-bond acceptors (Lipinski definition) is 7. The van der Waals surface area contributed by atoms with Crippen LogP contribution < -0.4 is 5.32 Å². The smallest absolute Gasteiger partial charge is 0.306 e. The van der Waals surface area contributed by atoms with Gasteiger partial charge >= 0.3 is 5.69 Å². The van der Waals surface area contributed by atoms with Gasteiger partial charge in [-0.2, -0.15) is 5.10 Å². The minimum Gasteiger partial charge on any atom is -0.390 e. The Morgan fingerprint density at radius 1 is 1.65 bits per heavy atom. The molecule has 1 saturated heterocycles. The molecule has 1 aliphatic heterocycles. The normalized spacial score (nSPS) is 22.8. The average molecular weight is 304 g/mol. The van der Waals surface area contributed by atoms with Gasteiger partial charge in [0.15, 0.2) is 9.84 Å². The van der Waals surface area contributed by atoms with Crippen molar-refractivity contribution in [1.82, 2.24) is 15.1 Å². The second kappa shape index (κ2) is 5.85. The zero-order valence-electron chi connectivity index (χ0n) is 10.7. The van der Waals surface area contributed by atoms with E-state index >= 15 is 0 Å². The molecule has 2 N–H and O–H groups in total. The van der Waals surface area contributed by atoms with Crippen molar-refractivity contribution < 1.29 is 18.4 Å². The summed E-state index contributed by atoms with van der Waals surface area (Å²) in [6.07, 6.45) is 2.10. The molecular formula is C10H16N4O5S. The Balaban J connectivity index is 1.77. The van der Waals surface area contributed by atoms with Crippen LogP contribution in [0.3, 0.4) is 0 Å². The molecule has 1 aliphatic rings. The fourth-order valence-corrected chi connectivity index (χ4v) is 3.79. The summed E-state index contributed by atoms with van der Waals surface area (Å²) < 4.78 is 23.8. The quantitative estimate of drug-likeness (QED) is 0.506. The monoisotopic (exact) mass is 304 g/mol. The lowest BCUT2D eigenvalue weighted by atomic mass is 10.2. The Bertz CT molecular complexity index is 584. The van der Waals surface area contributed by atoms with E-state index in [-0.39, 0.29) is 36.3 Å². The van der Waals surface area contributed by atoms with E-state index in [0.717, 1.165) is 6.20 Å². The van der Waals surface area contributed by atoms with E-state index in [2.05, 4.69) is 10.4 Å². The maximum atomic E-state index is 11.3. The van der Waals surface area contributed by atoms with Gasteiger partial charge in [-0.1, -0.05) is 0 Å². The molecule has 9 nitrogen and oxygen atoms in total. The molecule has 2 rings (SSSR count). The Morgan fingerprint density at radius 3 is 2.95 bits per heavy atom. The second-order valence-corrected chi connectivity index (χ2v) is 7.07. The van der Waals surface area contributed by atoms with E-state index in [1.165, 1.54) is 10.9 Å². The van der Waals surface area contributed by atoms with Gasteiger partial charge in [0.2, 0.25) is 0 Å². The number of rotatable bonds is 6. The van der Waals surface area contributed by atoms with Crippen molar-refractivity contribution in [3.8, 4) is 0 Å². The van der Waals surface area contributed by atoms with Crippen LogP contribution in [0.1, 0.15) is 6.42 Å². The first kappa shape index (κ1) is 14.9. The largest absolute Gasteiger partial charge is 0.390 e. The van der Waals surface area contributed by atoms with Gasteiger partial charge in [-0.15, -0.1) is 0 Å². The van der Waals surface area contributed by atoms with Crippen LogP contribution in [0, 0.1) is 10.1 Å². The van der Waals surface area contributed by atoms with Crippen LogP contribution in [0.15, 0.2) is 12.4 Å². The Morgan fingerprint density at radius 2 is 2.40 bits per heavy atom. The van der Waals surface area contributed by atoms with Gasteiger partial charge in [-0.25, -0.2) is 8.42 Å². The number of nitrogens with one attached hydrogen (secondary N) is 1. The van der Waals surface area contributed by atoms with Crippen LogP contribution in [-0.4, -0.2) is 58.4 Å². The van der Waals surface area contributed by atoms with Crippen molar-refractivity contribution in [3.05, 3.63) is 22.5 Å². The van der Waals surface area contributed by atoms with Crippen LogP contribution in [0.5, 0.6) is 0 Å². The minimum absolute atomic E-state index is 0.0902. The molecule has 0 spiro atoms. The van der Waals surface area contributed by atoms with Crippen LogP contribution >= 0.6 is 0 Å². The summed E-state index contributed by atoms with van der Waals surface area (Å²) in [5.74, 6) is 0.263. The third kappa shape index (κ3) is 3.99. The van der Waals surface area contributed by atoms with Crippen molar-refractivity contribution in [2.45, 2.75) is 25.1 Å². The van der Waals surface area contributed by atoms with E-state index in [1.54, 1.807) is 0 Å². The lowest BCUT2D eigenvalue weighted by Crippen LogP contribution is -2.38. The maximum absolute atomic E-state index is 11.3. The van der Waals surface area contributed by atoms with Crippen molar-refractivity contribution >= 4 is 15.5 Å². The number of hydrogen-bond donors (Lipinski definition) is 2. The van der Waals surface area contributed by atoms with Gasteiger partial charge in [0.25, 0.3) is 0 Å². The number of aromatic nitrogens is 2. The second-order valence-electron chi connectivity index (χ2n) is 4.84. The predicted molar refractivity (Wildman–Crippen MR) is 69.9 cm³/mol. The Hall–Kier alpha value is -1.52. The average Bonchev–Trinajstić information content (AvgIpc) is 2.93. The molecule has 0 aromatic carbocycles. The lowest BCUT2D eigenvalue weighted by Gasteiger charge is -2.15. The first-order valence-electron chi connectivity index (χ1n) is 6.14. The molecule has 2 unspecified atom stereocenters. The van der Waals surface area contributed by atoms with Crippen LogP contribution in [-0.2, 0) is 16.4 Å². The molecule has 1 fully saturated rings. The van der Waals surface area contributed by atoms with Crippen molar-refractivity contribution in [2.24, 2.45) is 0 Å². The summed E-state index contributed by atoms with van der Waals surface area (Å²) in [6, 6.07) is -0.137. The third-order valence-electron chi connectivity index (χ3n) is 3.10. The van der Waals surface area contributed by atoms with E-state index in [0.29, 0.717) is 6.42 Å². The van der Waals surface area contributed by atoms with Crippen molar-refractivity contribution in [3.63, 3.8) is 0 Å². The number of nitro groups is 1. The summed E-state index contributed by atoms with van der Waals surface area (Å²) in [5, 5.41) is 27.0. The van der Waals surface area contributed by atoms with Gasteiger partial charge in [-0.05, 0) is 6.42 Å². The lowest BCUT2D eigenvalue weighted by molar-refractivity contribution is -0.385. The first-order chi connectivity index (χ1) is 9.35. The van der Waals surface area contributed by atoms with Gasteiger partial charge in [0, 0.05) is 12.6 Å². The highest BCUT2D eigenvalue weighted by Gasteiger charge is 2.27. The van der Waals surface area contributed by atoms with Crippen molar-refractivity contribution in [1.29, 1.82) is 0 Å². The molecular weight excluding hydrogens is 288 g/mol. The molecule has 1 aromatic rings. The topological polar surface area (TPSA) is 127 Å². The SMILES string of the molecule is O=[N+]([O-])c1cnn(CC(O)CNC2CCS(=O)(=O)C2)c1. The molecule has 2 atom stereocenters. The van der Waals surface area contributed by atoms with E-state index in [4.69, 9.17) is 0 Å². The zero-order chi connectivity index (χ0) is 14.8. The molecule has 0 radical (unpaired) electrons. The summed E-state index contributed by atoms with van der Waals surface area (Å²) >= 11 is 0. The molecule has 2 heterocycles.